The minimum Gasteiger partial charge on any atom is -0.334 e. The van der Waals surface area contributed by atoms with Gasteiger partial charge < -0.3 is 10.2 Å². The number of aryl methyl sites for hydroxylation is 2. The van der Waals surface area contributed by atoms with Crippen molar-refractivity contribution in [3.05, 3.63) is 65.2 Å². The third-order valence-corrected chi connectivity index (χ3v) is 4.29. The van der Waals surface area contributed by atoms with E-state index in [1.54, 1.807) is 6.92 Å². The van der Waals surface area contributed by atoms with Crippen molar-refractivity contribution in [1.82, 2.24) is 4.90 Å². The molecular formula is C21H23F3N2O2. The zero-order chi connectivity index (χ0) is 20.7. The lowest BCUT2D eigenvalue weighted by Gasteiger charge is -2.21. The van der Waals surface area contributed by atoms with Crippen molar-refractivity contribution in [2.45, 2.75) is 32.9 Å². The topological polar surface area (TPSA) is 49.4 Å². The highest BCUT2D eigenvalue weighted by molar-refractivity contribution is 5.95. The number of rotatable bonds is 7. The molecule has 2 aromatic rings. The number of hydrogen-bond acceptors (Lipinski definition) is 2. The second-order valence-corrected chi connectivity index (χ2v) is 6.49. The molecule has 28 heavy (non-hydrogen) atoms. The third kappa shape index (κ3) is 6.11. The molecule has 150 valence electrons. The van der Waals surface area contributed by atoms with E-state index in [0.29, 0.717) is 13.0 Å². The number of para-hydroxylation sites is 1. The lowest BCUT2D eigenvalue weighted by atomic mass is 10.1. The molecule has 0 aromatic heterocycles. The molecule has 2 rings (SSSR count). The number of amides is 2. The molecule has 0 fully saturated rings. The van der Waals surface area contributed by atoms with Crippen LogP contribution in [-0.2, 0) is 22.2 Å². The van der Waals surface area contributed by atoms with Crippen LogP contribution in [0.3, 0.4) is 0 Å². The number of hydrogen-bond donors (Lipinski definition) is 1. The Morgan fingerprint density at radius 3 is 2.43 bits per heavy atom. The smallest absolute Gasteiger partial charge is 0.334 e. The fraction of sp³-hybridized carbons (Fsp3) is 0.333. The van der Waals surface area contributed by atoms with Gasteiger partial charge >= 0.3 is 6.18 Å². The molecule has 0 aliphatic heterocycles. The van der Waals surface area contributed by atoms with Gasteiger partial charge in [-0.05, 0) is 38.0 Å². The molecule has 4 nitrogen and oxygen atoms in total. The van der Waals surface area contributed by atoms with Gasteiger partial charge in [0.2, 0.25) is 11.8 Å². The quantitative estimate of drug-likeness (QED) is 0.758. The Morgan fingerprint density at radius 2 is 1.79 bits per heavy atom. The molecule has 0 atom stereocenters. The molecular weight excluding hydrogens is 369 g/mol. The van der Waals surface area contributed by atoms with Crippen molar-refractivity contribution in [2.75, 3.05) is 18.4 Å². The fourth-order valence-corrected chi connectivity index (χ4v) is 2.86. The first-order valence-electron chi connectivity index (χ1n) is 9.00. The second kappa shape index (κ2) is 9.39. The SMILES string of the molecule is CCN(CC(=O)Nc1ccccc1C(F)(F)F)C(=O)CCc1cccc(C)c1. The molecule has 0 saturated heterocycles. The number of benzene rings is 2. The van der Waals surface area contributed by atoms with Crippen molar-refractivity contribution in [3.63, 3.8) is 0 Å². The van der Waals surface area contributed by atoms with Crippen LogP contribution in [0.1, 0.15) is 30.0 Å². The Labute approximate surface area is 162 Å². The summed E-state index contributed by atoms with van der Waals surface area (Å²) < 4.78 is 39.1. The first-order chi connectivity index (χ1) is 13.2. The van der Waals surface area contributed by atoms with Crippen LogP contribution in [0.4, 0.5) is 18.9 Å². The van der Waals surface area contributed by atoms with E-state index >= 15 is 0 Å². The summed E-state index contributed by atoms with van der Waals surface area (Å²) in [7, 11) is 0. The summed E-state index contributed by atoms with van der Waals surface area (Å²) in [6, 6.07) is 12.6. The summed E-state index contributed by atoms with van der Waals surface area (Å²) in [4.78, 5) is 26.0. The molecule has 0 saturated carbocycles. The summed E-state index contributed by atoms with van der Waals surface area (Å²) in [5.74, 6) is -0.884. The highest BCUT2D eigenvalue weighted by Gasteiger charge is 2.33. The number of nitrogens with zero attached hydrogens (tertiary/aromatic N) is 1. The van der Waals surface area contributed by atoms with Crippen LogP contribution < -0.4 is 5.32 Å². The van der Waals surface area contributed by atoms with Gasteiger partial charge in [-0.15, -0.1) is 0 Å². The zero-order valence-electron chi connectivity index (χ0n) is 15.8. The van der Waals surface area contributed by atoms with E-state index in [9.17, 15) is 22.8 Å². The number of likely N-dealkylation sites (N-methyl/N-ethyl adjacent to an activating group) is 1. The Hall–Kier alpha value is -2.83. The predicted molar refractivity (Wildman–Crippen MR) is 102 cm³/mol. The van der Waals surface area contributed by atoms with Crippen molar-refractivity contribution < 1.29 is 22.8 Å². The zero-order valence-corrected chi connectivity index (χ0v) is 15.8. The molecule has 0 bridgehead atoms. The average molecular weight is 392 g/mol. The van der Waals surface area contributed by atoms with Gasteiger partial charge in [-0.2, -0.15) is 13.2 Å². The van der Waals surface area contributed by atoms with Gasteiger partial charge in [-0.25, -0.2) is 0 Å². The number of carbonyl (C=O) groups excluding carboxylic acids is 2. The van der Waals surface area contributed by atoms with Crippen LogP contribution in [0, 0.1) is 6.92 Å². The molecule has 2 aromatic carbocycles. The summed E-state index contributed by atoms with van der Waals surface area (Å²) in [5.41, 5.74) is 0.883. The van der Waals surface area contributed by atoms with Crippen molar-refractivity contribution >= 4 is 17.5 Å². The fourth-order valence-electron chi connectivity index (χ4n) is 2.86. The number of halogens is 3. The van der Waals surface area contributed by atoms with Gasteiger partial charge in [0, 0.05) is 13.0 Å². The van der Waals surface area contributed by atoms with Crippen molar-refractivity contribution in [3.8, 4) is 0 Å². The maximum atomic E-state index is 13.0. The predicted octanol–water partition coefficient (Wildman–Crippen LogP) is 4.43. The molecule has 0 aliphatic rings. The van der Waals surface area contributed by atoms with Crippen molar-refractivity contribution in [2.24, 2.45) is 0 Å². The number of alkyl halides is 3. The van der Waals surface area contributed by atoms with E-state index in [1.165, 1.54) is 23.1 Å². The Bertz CT molecular complexity index is 834. The van der Waals surface area contributed by atoms with Crippen LogP contribution in [0.25, 0.3) is 0 Å². The van der Waals surface area contributed by atoms with Crippen LogP contribution in [0.2, 0.25) is 0 Å². The summed E-state index contributed by atoms with van der Waals surface area (Å²) in [6.45, 7) is 3.69. The minimum absolute atomic E-state index is 0.219. The van der Waals surface area contributed by atoms with Crippen LogP contribution >= 0.6 is 0 Å². The molecule has 2 amide bonds. The van der Waals surface area contributed by atoms with E-state index in [4.69, 9.17) is 0 Å². The van der Waals surface area contributed by atoms with E-state index in [-0.39, 0.29) is 24.6 Å². The van der Waals surface area contributed by atoms with Gasteiger partial charge in [0.15, 0.2) is 0 Å². The Balaban J connectivity index is 1.97. The number of nitrogens with one attached hydrogen (secondary N) is 1. The molecule has 0 aliphatic carbocycles. The van der Waals surface area contributed by atoms with Gasteiger partial charge in [-0.1, -0.05) is 42.0 Å². The second-order valence-electron chi connectivity index (χ2n) is 6.49. The molecule has 0 radical (unpaired) electrons. The number of carbonyl (C=O) groups is 2. The highest BCUT2D eigenvalue weighted by Crippen LogP contribution is 2.34. The maximum absolute atomic E-state index is 13.0. The molecule has 1 N–H and O–H groups in total. The first-order valence-corrected chi connectivity index (χ1v) is 9.00. The molecule has 0 unspecified atom stereocenters. The Morgan fingerprint density at radius 1 is 1.07 bits per heavy atom. The van der Waals surface area contributed by atoms with E-state index in [1.807, 2.05) is 31.2 Å². The van der Waals surface area contributed by atoms with Crippen LogP contribution in [-0.4, -0.2) is 29.8 Å². The van der Waals surface area contributed by atoms with Crippen molar-refractivity contribution in [1.29, 1.82) is 0 Å². The van der Waals surface area contributed by atoms with Crippen LogP contribution in [0.15, 0.2) is 48.5 Å². The molecule has 7 heteroatoms. The van der Waals surface area contributed by atoms with E-state index in [0.717, 1.165) is 17.2 Å². The average Bonchev–Trinajstić information content (AvgIpc) is 2.64. The van der Waals surface area contributed by atoms with Gasteiger partial charge in [0.05, 0.1) is 17.8 Å². The summed E-state index contributed by atoms with van der Waals surface area (Å²) in [5, 5.41) is 2.27. The Kier molecular flexibility index (Phi) is 7.20. The maximum Gasteiger partial charge on any atom is 0.418 e. The largest absolute Gasteiger partial charge is 0.418 e. The number of anilines is 1. The summed E-state index contributed by atoms with van der Waals surface area (Å²) in [6.07, 6.45) is -3.81. The lowest BCUT2D eigenvalue weighted by Crippen LogP contribution is -2.38. The van der Waals surface area contributed by atoms with Crippen LogP contribution in [0.5, 0.6) is 0 Å². The third-order valence-electron chi connectivity index (χ3n) is 4.29. The highest BCUT2D eigenvalue weighted by atomic mass is 19.4. The van der Waals surface area contributed by atoms with E-state index < -0.39 is 17.6 Å². The van der Waals surface area contributed by atoms with Gasteiger partial charge in [0.25, 0.3) is 0 Å². The van der Waals surface area contributed by atoms with Gasteiger partial charge in [-0.3, -0.25) is 9.59 Å². The first kappa shape index (κ1) is 21.5. The normalized spacial score (nSPS) is 11.2. The molecule has 0 heterocycles. The van der Waals surface area contributed by atoms with E-state index in [2.05, 4.69) is 5.32 Å². The molecule has 0 spiro atoms. The monoisotopic (exact) mass is 392 g/mol. The standard InChI is InChI=1S/C21H23F3N2O2/c1-3-26(20(28)12-11-16-8-6-7-15(2)13-16)14-19(27)25-18-10-5-4-9-17(18)21(22,23)24/h4-10,13H,3,11-12,14H2,1-2H3,(H,25,27). The van der Waals surface area contributed by atoms with Gasteiger partial charge in [0.1, 0.15) is 0 Å². The summed E-state index contributed by atoms with van der Waals surface area (Å²) >= 11 is 0. The lowest BCUT2D eigenvalue weighted by molar-refractivity contribution is -0.137. The minimum atomic E-state index is -4.57.